The third-order valence-corrected chi connectivity index (χ3v) is 2.00. The minimum atomic E-state index is -0.625. The summed E-state index contributed by atoms with van der Waals surface area (Å²) in [6, 6.07) is 0. The summed E-state index contributed by atoms with van der Waals surface area (Å²) in [4.78, 5) is 21.2. The lowest BCUT2D eigenvalue weighted by molar-refractivity contribution is -0.130. The highest BCUT2D eigenvalue weighted by molar-refractivity contribution is 5.99. The Morgan fingerprint density at radius 1 is 1.45 bits per heavy atom. The fraction of sp³-hybridized carbons (Fsp3) is 0.778. The quantitative estimate of drug-likeness (QED) is 0.429. The zero-order valence-corrected chi connectivity index (χ0v) is 7.52. The Morgan fingerprint density at radius 3 is 2.18 bits per heavy atom. The first-order chi connectivity index (χ1) is 5.19. The molecule has 0 bridgehead atoms. The van der Waals surface area contributed by atoms with Gasteiger partial charge in [0.25, 0.3) is 0 Å². The first kappa shape index (κ1) is 10.3. The molecule has 0 N–H and O–H groups in total. The number of rotatable bonds is 1. The van der Waals surface area contributed by atoms with Crippen molar-refractivity contribution in [1.29, 1.82) is 0 Å². The Kier molecular flexibility index (Phi) is 4.01. The fourth-order valence-corrected chi connectivity index (χ4v) is 1.17. The molecule has 0 aromatic heterocycles. The molecule has 0 radical (unpaired) electrons. The van der Waals surface area contributed by atoms with E-state index in [0.29, 0.717) is 6.42 Å². The van der Waals surface area contributed by atoms with Crippen molar-refractivity contribution in [2.24, 2.45) is 5.41 Å². The van der Waals surface area contributed by atoms with Crippen LogP contribution in [-0.2, 0) is 9.59 Å². The van der Waals surface area contributed by atoms with Gasteiger partial charge in [0.1, 0.15) is 12.1 Å². The van der Waals surface area contributed by atoms with E-state index in [9.17, 15) is 9.59 Å². The third-order valence-electron chi connectivity index (χ3n) is 2.00. The van der Waals surface area contributed by atoms with Crippen LogP contribution in [0.5, 0.6) is 0 Å². The van der Waals surface area contributed by atoms with E-state index >= 15 is 0 Å². The number of carbonyl (C=O) groups is 2. The molecule has 1 aliphatic rings. The normalized spacial score (nSPS) is 29.2. The lowest BCUT2D eigenvalue weighted by Gasteiger charge is -2.10. The lowest BCUT2D eigenvalue weighted by Crippen LogP contribution is -2.22. The van der Waals surface area contributed by atoms with Gasteiger partial charge in [-0.15, -0.1) is 0 Å². The second-order valence-electron chi connectivity index (χ2n) is 2.81. The molecule has 0 amide bonds. The van der Waals surface area contributed by atoms with Gasteiger partial charge in [0.15, 0.2) is 0 Å². The van der Waals surface area contributed by atoms with E-state index in [1.165, 1.54) is 0 Å². The molecule has 1 atom stereocenters. The van der Waals surface area contributed by atoms with Gasteiger partial charge in [0.2, 0.25) is 0 Å². The minimum absolute atomic E-state index is 0.109. The molecule has 1 fully saturated rings. The summed E-state index contributed by atoms with van der Waals surface area (Å²) in [7, 11) is 0. The molecule has 0 aromatic carbocycles. The van der Waals surface area contributed by atoms with Crippen molar-refractivity contribution in [2.75, 3.05) is 0 Å². The molecule has 1 rings (SSSR count). The summed E-state index contributed by atoms with van der Waals surface area (Å²) in [5, 5.41) is 0. The monoisotopic (exact) mass is 156 g/mol. The Balaban J connectivity index is 0.000000461. The van der Waals surface area contributed by atoms with Crippen LogP contribution in [0.1, 0.15) is 40.0 Å². The number of aldehydes is 1. The number of ketones is 1. The Morgan fingerprint density at radius 2 is 2.00 bits per heavy atom. The van der Waals surface area contributed by atoms with E-state index in [0.717, 1.165) is 19.1 Å². The van der Waals surface area contributed by atoms with Crippen LogP contribution in [-0.4, -0.2) is 12.1 Å². The van der Waals surface area contributed by atoms with Gasteiger partial charge >= 0.3 is 0 Å². The van der Waals surface area contributed by atoms with Gasteiger partial charge in [-0.05, 0) is 19.8 Å². The maximum Gasteiger partial charge on any atom is 0.145 e. The van der Waals surface area contributed by atoms with E-state index < -0.39 is 5.41 Å². The Hall–Kier alpha value is -0.660. The molecule has 0 heterocycles. The summed E-state index contributed by atoms with van der Waals surface area (Å²) in [5.41, 5.74) is -0.625. The Bertz CT molecular complexity index is 152. The standard InChI is InChI=1S/C7H10O2.C2H6/c1-7(5-8)4-2-3-6(7)9;1-2/h5H,2-4H2,1H3;1-2H3. The minimum Gasteiger partial charge on any atom is -0.302 e. The number of Topliss-reactive ketones (excluding diaryl/α,β-unsaturated/α-hetero) is 1. The van der Waals surface area contributed by atoms with E-state index in [4.69, 9.17) is 0 Å². The van der Waals surface area contributed by atoms with Crippen molar-refractivity contribution in [2.45, 2.75) is 40.0 Å². The number of hydrogen-bond donors (Lipinski definition) is 0. The van der Waals surface area contributed by atoms with E-state index in [1.54, 1.807) is 6.92 Å². The molecule has 1 saturated carbocycles. The van der Waals surface area contributed by atoms with Crippen LogP contribution in [0.15, 0.2) is 0 Å². The number of hydrogen-bond acceptors (Lipinski definition) is 2. The summed E-state index contributed by atoms with van der Waals surface area (Å²) in [5.74, 6) is 0.109. The van der Waals surface area contributed by atoms with Crippen LogP contribution in [0.3, 0.4) is 0 Å². The molecule has 2 nitrogen and oxygen atoms in total. The summed E-state index contributed by atoms with van der Waals surface area (Å²) >= 11 is 0. The molecule has 1 aliphatic carbocycles. The summed E-state index contributed by atoms with van der Waals surface area (Å²) in [6.07, 6.45) is 3.00. The van der Waals surface area contributed by atoms with Crippen LogP contribution in [0, 0.1) is 5.41 Å². The van der Waals surface area contributed by atoms with Gasteiger partial charge in [-0.2, -0.15) is 0 Å². The SMILES string of the molecule is CC.CC1(C=O)CCCC1=O. The largest absolute Gasteiger partial charge is 0.302 e. The van der Waals surface area contributed by atoms with Crippen molar-refractivity contribution in [1.82, 2.24) is 0 Å². The van der Waals surface area contributed by atoms with Crippen molar-refractivity contribution in [3.63, 3.8) is 0 Å². The maximum absolute atomic E-state index is 10.9. The molecule has 0 spiro atoms. The van der Waals surface area contributed by atoms with Crippen LogP contribution in [0.2, 0.25) is 0 Å². The highest BCUT2D eigenvalue weighted by atomic mass is 16.1. The van der Waals surface area contributed by atoms with Crippen LogP contribution >= 0.6 is 0 Å². The van der Waals surface area contributed by atoms with Crippen LogP contribution in [0.4, 0.5) is 0 Å². The zero-order chi connectivity index (χ0) is 8.91. The third kappa shape index (κ3) is 2.14. The van der Waals surface area contributed by atoms with E-state index in [1.807, 2.05) is 13.8 Å². The maximum atomic E-state index is 10.9. The van der Waals surface area contributed by atoms with Crippen LogP contribution < -0.4 is 0 Å². The first-order valence-corrected chi connectivity index (χ1v) is 4.19. The van der Waals surface area contributed by atoms with Gasteiger partial charge < -0.3 is 4.79 Å². The smallest absolute Gasteiger partial charge is 0.145 e. The molecular formula is C9H16O2. The van der Waals surface area contributed by atoms with Gasteiger partial charge in [0.05, 0.1) is 5.41 Å². The molecule has 64 valence electrons. The predicted molar refractivity (Wildman–Crippen MR) is 44.4 cm³/mol. The average Bonchev–Trinajstić information content (AvgIpc) is 2.38. The van der Waals surface area contributed by atoms with Crippen molar-refractivity contribution >= 4 is 12.1 Å². The fourth-order valence-electron chi connectivity index (χ4n) is 1.17. The summed E-state index contributed by atoms with van der Waals surface area (Å²) in [6.45, 7) is 5.72. The lowest BCUT2D eigenvalue weighted by atomic mass is 9.90. The molecule has 2 heteroatoms. The second-order valence-corrected chi connectivity index (χ2v) is 2.81. The molecule has 0 aromatic rings. The number of carbonyl (C=O) groups excluding carboxylic acids is 2. The van der Waals surface area contributed by atoms with Crippen molar-refractivity contribution in [3.05, 3.63) is 0 Å². The second kappa shape index (κ2) is 4.27. The van der Waals surface area contributed by atoms with Gasteiger partial charge in [0, 0.05) is 6.42 Å². The average molecular weight is 156 g/mol. The topological polar surface area (TPSA) is 34.1 Å². The van der Waals surface area contributed by atoms with Crippen LogP contribution in [0.25, 0.3) is 0 Å². The molecular weight excluding hydrogens is 140 g/mol. The summed E-state index contributed by atoms with van der Waals surface area (Å²) < 4.78 is 0. The predicted octanol–water partition coefficient (Wildman–Crippen LogP) is 1.97. The van der Waals surface area contributed by atoms with Gasteiger partial charge in [-0.25, -0.2) is 0 Å². The van der Waals surface area contributed by atoms with Gasteiger partial charge in [-0.1, -0.05) is 13.8 Å². The van der Waals surface area contributed by atoms with E-state index in [-0.39, 0.29) is 5.78 Å². The van der Waals surface area contributed by atoms with Crippen molar-refractivity contribution in [3.8, 4) is 0 Å². The molecule has 1 unspecified atom stereocenters. The molecule has 0 aliphatic heterocycles. The highest BCUT2D eigenvalue weighted by Gasteiger charge is 2.36. The van der Waals surface area contributed by atoms with E-state index in [2.05, 4.69) is 0 Å². The first-order valence-electron chi connectivity index (χ1n) is 4.19. The molecule has 0 saturated heterocycles. The van der Waals surface area contributed by atoms with Crippen molar-refractivity contribution < 1.29 is 9.59 Å². The molecule has 11 heavy (non-hydrogen) atoms. The Labute approximate surface area is 68.0 Å². The van der Waals surface area contributed by atoms with Gasteiger partial charge in [-0.3, -0.25) is 4.79 Å². The zero-order valence-electron chi connectivity index (χ0n) is 7.52. The highest BCUT2D eigenvalue weighted by Crippen LogP contribution is 2.31.